The number of nitrogens with one attached hydrogen (secondary N) is 1. The molecule has 6 aromatic carbocycles. The van der Waals surface area contributed by atoms with Crippen molar-refractivity contribution in [2.24, 2.45) is 0 Å². The van der Waals surface area contributed by atoms with Crippen LogP contribution in [0.3, 0.4) is 0 Å². The Labute approximate surface area is 222 Å². The lowest BCUT2D eigenvalue weighted by molar-refractivity contribution is 0.669. The zero-order chi connectivity index (χ0) is 25.5. The number of H-pyrrole nitrogens is 1. The molecule has 3 nitrogen and oxygen atoms in total. The van der Waals surface area contributed by atoms with Crippen molar-refractivity contribution in [1.82, 2.24) is 4.98 Å². The van der Waals surface area contributed by atoms with Crippen molar-refractivity contribution >= 4 is 65.7 Å². The van der Waals surface area contributed by atoms with Gasteiger partial charge in [-0.15, -0.1) is 0 Å². The van der Waals surface area contributed by atoms with Gasteiger partial charge in [0.05, 0.1) is 11.0 Å². The summed E-state index contributed by atoms with van der Waals surface area (Å²) in [5.74, 6) is 0. The van der Waals surface area contributed by atoms with E-state index in [9.17, 15) is 0 Å². The fourth-order valence-electron chi connectivity index (χ4n) is 6.32. The summed E-state index contributed by atoms with van der Waals surface area (Å²) in [6, 6.07) is 42.3. The van der Waals surface area contributed by atoms with Crippen LogP contribution in [0.25, 0.3) is 87.9 Å². The SMILES string of the molecule is c1ccc2c(c1)oc1c(-c3cccc4c3[nH]c3c(-c5cccc6c5oc5ccccc56)cccc34)cccc12. The van der Waals surface area contributed by atoms with Gasteiger partial charge in [-0.25, -0.2) is 0 Å². The number of para-hydroxylation sites is 6. The quantitative estimate of drug-likeness (QED) is 0.257. The van der Waals surface area contributed by atoms with Crippen molar-refractivity contribution < 1.29 is 8.83 Å². The first-order chi connectivity index (χ1) is 19.3. The topological polar surface area (TPSA) is 42.1 Å². The second-order valence-electron chi connectivity index (χ2n) is 10.1. The van der Waals surface area contributed by atoms with Gasteiger partial charge in [-0.05, 0) is 12.1 Å². The van der Waals surface area contributed by atoms with E-state index in [2.05, 4.69) is 102 Å². The van der Waals surface area contributed by atoms with E-state index in [4.69, 9.17) is 8.83 Å². The van der Waals surface area contributed by atoms with E-state index in [0.717, 1.165) is 77.2 Å². The second kappa shape index (κ2) is 7.62. The molecule has 0 bridgehead atoms. The van der Waals surface area contributed by atoms with Crippen molar-refractivity contribution in [2.75, 3.05) is 0 Å². The minimum atomic E-state index is 0.907. The van der Waals surface area contributed by atoms with Crippen molar-refractivity contribution in [1.29, 1.82) is 0 Å². The Hall–Kier alpha value is -5.28. The zero-order valence-electron chi connectivity index (χ0n) is 20.9. The lowest BCUT2D eigenvalue weighted by Crippen LogP contribution is -1.82. The molecule has 0 saturated heterocycles. The van der Waals surface area contributed by atoms with Crippen molar-refractivity contribution in [2.45, 2.75) is 0 Å². The van der Waals surface area contributed by atoms with Crippen LogP contribution in [0, 0.1) is 0 Å². The average Bonchev–Trinajstić information content (AvgIpc) is 3.68. The molecule has 3 heteroatoms. The monoisotopic (exact) mass is 499 g/mol. The molecule has 0 fully saturated rings. The van der Waals surface area contributed by atoms with Crippen molar-refractivity contribution in [3.63, 3.8) is 0 Å². The van der Waals surface area contributed by atoms with E-state index in [1.54, 1.807) is 0 Å². The Morgan fingerprint density at radius 2 is 0.718 bits per heavy atom. The lowest BCUT2D eigenvalue weighted by atomic mass is 9.98. The Bertz CT molecular complexity index is 2230. The molecule has 9 rings (SSSR count). The number of fused-ring (bicyclic) bond motifs is 9. The highest BCUT2D eigenvalue weighted by atomic mass is 16.3. The normalized spacial score (nSPS) is 12.1. The van der Waals surface area contributed by atoms with Crippen molar-refractivity contribution in [3.8, 4) is 22.3 Å². The molecule has 0 radical (unpaired) electrons. The molecule has 3 heterocycles. The molecule has 1 N–H and O–H groups in total. The molecule has 0 aliphatic heterocycles. The largest absolute Gasteiger partial charge is 0.455 e. The van der Waals surface area contributed by atoms with Crippen LogP contribution in [0.1, 0.15) is 0 Å². The molecule has 0 atom stereocenters. The third kappa shape index (κ3) is 2.82. The Morgan fingerprint density at radius 1 is 0.333 bits per heavy atom. The first-order valence-corrected chi connectivity index (χ1v) is 13.2. The molecular weight excluding hydrogens is 478 g/mol. The van der Waals surface area contributed by atoms with Crippen molar-refractivity contribution in [3.05, 3.63) is 121 Å². The summed E-state index contributed by atoms with van der Waals surface area (Å²) in [6.45, 7) is 0. The van der Waals surface area contributed by atoms with Gasteiger partial charge in [-0.2, -0.15) is 0 Å². The lowest BCUT2D eigenvalue weighted by Gasteiger charge is -2.05. The highest BCUT2D eigenvalue weighted by Gasteiger charge is 2.19. The molecule has 0 aliphatic rings. The fraction of sp³-hybridized carbons (Fsp3) is 0. The maximum Gasteiger partial charge on any atom is 0.143 e. The fourth-order valence-corrected chi connectivity index (χ4v) is 6.32. The van der Waals surface area contributed by atoms with Crippen LogP contribution in [0.5, 0.6) is 0 Å². The Balaban J connectivity index is 1.34. The first kappa shape index (κ1) is 20.7. The van der Waals surface area contributed by atoms with Gasteiger partial charge < -0.3 is 13.8 Å². The summed E-state index contributed by atoms with van der Waals surface area (Å²) in [7, 11) is 0. The van der Waals surface area contributed by atoms with Crippen LogP contribution < -0.4 is 0 Å². The number of aromatic nitrogens is 1. The number of aromatic amines is 1. The smallest absolute Gasteiger partial charge is 0.143 e. The number of furan rings is 2. The van der Waals surface area contributed by atoms with Crippen LogP contribution in [-0.4, -0.2) is 4.98 Å². The maximum absolute atomic E-state index is 6.40. The second-order valence-corrected chi connectivity index (χ2v) is 10.1. The molecule has 0 spiro atoms. The summed E-state index contributed by atoms with van der Waals surface area (Å²) in [5.41, 5.74) is 10.3. The molecule has 0 saturated carbocycles. The van der Waals surface area contributed by atoms with Gasteiger partial charge in [0.15, 0.2) is 0 Å². The molecule has 0 amide bonds. The number of benzene rings is 6. The molecule has 3 aromatic heterocycles. The standard InChI is InChI=1S/C36H21NO2/c1-3-19-31-21(9-1)27-15-7-17-29(35(27)38-31)25-13-5-11-23-24-12-6-14-26(34(24)37-33(23)25)30-18-8-16-28-22-10-2-4-20-32(22)39-36(28)30/h1-20,37H. The minimum Gasteiger partial charge on any atom is -0.455 e. The molecule has 0 unspecified atom stereocenters. The van der Waals surface area contributed by atoms with E-state index in [0.29, 0.717) is 0 Å². The molecule has 0 aliphatic carbocycles. The maximum atomic E-state index is 6.40. The van der Waals surface area contributed by atoms with E-state index >= 15 is 0 Å². The summed E-state index contributed by atoms with van der Waals surface area (Å²) < 4.78 is 12.8. The van der Waals surface area contributed by atoms with Crippen LogP contribution in [0.4, 0.5) is 0 Å². The summed E-state index contributed by atoms with van der Waals surface area (Å²) in [6.07, 6.45) is 0. The summed E-state index contributed by atoms with van der Waals surface area (Å²) in [4.78, 5) is 3.83. The van der Waals surface area contributed by atoms with Crippen LogP contribution in [0.2, 0.25) is 0 Å². The Morgan fingerprint density at radius 3 is 1.21 bits per heavy atom. The van der Waals surface area contributed by atoms with Crippen LogP contribution >= 0.6 is 0 Å². The number of hydrogen-bond acceptors (Lipinski definition) is 2. The predicted octanol–water partition coefficient (Wildman–Crippen LogP) is 10.5. The third-order valence-corrected chi connectivity index (χ3v) is 8.06. The van der Waals surface area contributed by atoms with Gasteiger partial charge in [0.2, 0.25) is 0 Å². The molecule has 39 heavy (non-hydrogen) atoms. The average molecular weight is 500 g/mol. The summed E-state index contributed by atoms with van der Waals surface area (Å²) >= 11 is 0. The highest BCUT2D eigenvalue weighted by Crippen LogP contribution is 2.43. The Kier molecular flexibility index (Phi) is 4.05. The predicted molar refractivity (Wildman–Crippen MR) is 161 cm³/mol. The van der Waals surface area contributed by atoms with E-state index in [1.165, 1.54) is 10.8 Å². The third-order valence-electron chi connectivity index (χ3n) is 8.06. The first-order valence-electron chi connectivity index (χ1n) is 13.2. The molecular formula is C36H21NO2. The molecule has 9 aromatic rings. The zero-order valence-corrected chi connectivity index (χ0v) is 20.9. The van der Waals surface area contributed by atoms with Gasteiger partial charge in [-0.3, -0.25) is 0 Å². The minimum absolute atomic E-state index is 0.907. The van der Waals surface area contributed by atoms with Crippen LogP contribution in [-0.2, 0) is 0 Å². The summed E-state index contributed by atoms with van der Waals surface area (Å²) in [5, 5.41) is 6.92. The molecule has 182 valence electrons. The highest BCUT2D eigenvalue weighted by molar-refractivity contribution is 6.19. The van der Waals surface area contributed by atoms with E-state index in [1.807, 2.05) is 24.3 Å². The van der Waals surface area contributed by atoms with Crippen LogP contribution in [0.15, 0.2) is 130 Å². The number of rotatable bonds is 2. The van der Waals surface area contributed by atoms with E-state index in [-0.39, 0.29) is 0 Å². The van der Waals surface area contributed by atoms with Gasteiger partial charge in [0.25, 0.3) is 0 Å². The van der Waals surface area contributed by atoms with Gasteiger partial charge in [-0.1, -0.05) is 109 Å². The van der Waals surface area contributed by atoms with Gasteiger partial charge in [0.1, 0.15) is 22.3 Å². The van der Waals surface area contributed by atoms with Gasteiger partial charge >= 0.3 is 0 Å². The van der Waals surface area contributed by atoms with E-state index < -0.39 is 0 Å². The number of hydrogen-bond donors (Lipinski definition) is 1. The van der Waals surface area contributed by atoms with Gasteiger partial charge in [0, 0.05) is 54.6 Å².